The predicted molar refractivity (Wildman–Crippen MR) is 152 cm³/mol. The summed E-state index contributed by atoms with van der Waals surface area (Å²) in [6, 6.07) is 12.6. The molecule has 1 aromatic heterocycles. The summed E-state index contributed by atoms with van der Waals surface area (Å²) >= 11 is 0. The van der Waals surface area contributed by atoms with Gasteiger partial charge in [0.1, 0.15) is 11.4 Å². The van der Waals surface area contributed by atoms with Crippen molar-refractivity contribution in [3.8, 4) is 16.9 Å². The van der Waals surface area contributed by atoms with Crippen LogP contribution in [0.3, 0.4) is 0 Å². The Morgan fingerprint density at radius 2 is 1.76 bits per heavy atom. The van der Waals surface area contributed by atoms with E-state index in [1.807, 2.05) is 6.92 Å². The van der Waals surface area contributed by atoms with Crippen LogP contribution >= 0.6 is 0 Å². The number of aromatic nitrogens is 1. The first kappa shape index (κ1) is 28.0. The molecular formula is C31H28F2N2O6S. The molecule has 2 aliphatic rings. The highest BCUT2D eigenvalue weighted by atomic mass is 32.2. The van der Waals surface area contributed by atoms with Gasteiger partial charge in [-0.3, -0.25) is 4.79 Å². The molecular weight excluding hydrogens is 566 g/mol. The molecule has 0 radical (unpaired) electrons. The van der Waals surface area contributed by atoms with Crippen LogP contribution in [0.25, 0.3) is 22.0 Å². The number of carbonyl (C=O) groups is 1. The lowest BCUT2D eigenvalue weighted by atomic mass is 9.97. The number of hydrogen-bond acceptors (Lipinski definition) is 6. The topological polar surface area (TPSA) is 94.9 Å². The summed E-state index contributed by atoms with van der Waals surface area (Å²) in [7, 11) is -3.77. The number of fused-ring (bicyclic) bond motifs is 2. The number of pyridine rings is 1. The molecule has 42 heavy (non-hydrogen) atoms. The molecule has 0 spiro atoms. The first-order valence-electron chi connectivity index (χ1n) is 13.6. The van der Waals surface area contributed by atoms with Crippen LogP contribution in [0.1, 0.15) is 52.9 Å². The van der Waals surface area contributed by atoms with Crippen LogP contribution < -0.4 is 10.2 Å². The van der Waals surface area contributed by atoms with Crippen LogP contribution in [0, 0.1) is 12.7 Å². The van der Waals surface area contributed by atoms with Gasteiger partial charge in [0.15, 0.2) is 5.75 Å². The molecule has 6 rings (SSSR count). The van der Waals surface area contributed by atoms with Gasteiger partial charge in [-0.05, 0) is 67.6 Å². The van der Waals surface area contributed by atoms with Crippen LogP contribution in [0.15, 0.2) is 64.4 Å². The molecule has 2 heterocycles. The number of alkyl halides is 1. The zero-order valence-electron chi connectivity index (χ0n) is 23.0. The lowest BCUT2D eigenvalue weighted by Crippen LogP contribution is -2.25. The standard InChI is InChI=1S/C31H28F2N2O6S/c1-3-40-31(37)25-16-35(22-8-9-22)28-24(29(25)36)13-26(33)27(30(28)41-17-32)19-6-7-20-14-34(15-21(20)12-19)42(38,39)23-10-4-18(2)5-11-23/h4-7,10-13,16,22H,3,8-9,14-15,17H2,1-2H3. The Kier molecular flexibility index (Phi) is 7.10. The number of ether oxygens (including phenoxy) is 2. The third-order valence-electron chi connectivity index (χ3n) is 7.70. The summed E-state index contributed by atoms with van der Waals surface area (Å²) in [6.45, 7) is 2.50. The lowest BCUT2D eigenvalue weighted by molar-refractivity contribution is 0.0524. The van der Waals surface area contributed by atoms with Gasteiger partial charge in [0.25, 0.3) is 0 Å². The Hall–Kier alpha value is -4.09. The number of hydrogen-bond donors (Lipinski definition) is 0. The number of esters is 1. The Morgan fingerprint density at radius 3 is 2.43 bits per heavy atom. The van der Waals surface area contributed by atoms with Gasteiger partial charge in [0.05, 0.1) is 28.0 Å². The number of halogens is 2. The number of aryl methyl sites for hydroxylation is 1. The van der Waals surface area contributed by atoms with Crippen molar-refractivity contribution in [2.45, 2.75) is 50.7 Å². The van der Waals surface area contributed by atoms with Gasteiger partial charge < -0.3 is 14.0 Å². The normalized spacial score (nSPS) is 15.1. The molecule has 1 fully saturated rings. The van der Waals surface area contributed by atoms with Crippen LogP contribution in [-0.2, 0) is 27.8 Å². The summed E-state index contributed by atoms with van der Waals surface area (Å²) in [5.74, 6) is -1.82. The van der Waals surface area contributed by atoms with Crippen molar-refractivity contribution < 1.29 is 31.5 Å². The summed E-state index contributed by atoms with van der Waals surface area (Å²) in [4.78, 5) is 26.0. The Morgan fingerprint density at radius 1 is 1.05 bits per heavy atom. The van der Waals surface area contributed by atoms with Crippen molar-refractivity contribution in [1.29, 1.82) is 0 Å². The number of carbonyl (C=O) groups excluding carboxylic acids is 1. The average molecular weight is 595 g/mol. The van der Waals surface area contributed by atoms with E-state index in [1.165, 1.54) is 10.5 Å². The van der Waals surface area contributed by atoms with E-state index >= 15 is 4.39 Å². The molecule has 11 heteroatoms. The smallest absolute Gasteiger partial charge is 0.343 e. The summed E-state index contributed by atoms with van der Waals surface area (Å²) in [6.07, 6.45) is 2.89. The molecule has 1 saturated carbocycles. The molecule has 0 bridgehead atoms. The van der Waals surface area contributed by atoms with E-state index in [0.29, 0.717) is 11.1 Å². The van der Waals surface area contributed by atoms with E-state index in [0.717, 1.165) is 30.0 Å². The predicted octanol–water partition coefficient (Wildman–Crippen LogP) is 5.64. The number of benzene rings is 3. The number of rotatable bonds is 8. The maximum absolute atomic E-state index is 15.9. The third-order valence-corrected chi connectivity index (χ3v) is 9.51. The van der Waals surface area contributed by atoms with Crippen LogP contribution in [0.2, 0.25) is 0 Å². The minimum absolute atomic E-state index is 0.0551. The van der Waals surface area contributed by atoms with Gasteiger partial charge in [0, 0.05) is 25.3 Å². The van der Waals surface area contributed by atoms with Gasteiger partial charge in [-0.25, -0.2) is 22.0 Å². The zero-order valence-corrected chi connectivity index (χ0v) is 23.8. The van der Waals surface area contributed by atoms with Crippen molar-refractivity contribution in [3.05, 3.63) is 93.0 Å². The van der Waals surface area contributed by atoms with E-state index < -0.39 is 34.1 Å². The largest absolute Gasteiger partial charge is 0.462 e. The monoisotopic (exact) mass is 594 g/mol. The second kappa shape index (κ2) is 10.6. The first-order chi connectivity index (χ1) is 20.1. The molecule has 1 aliphatic carbocycles. The van der Waals surface area contributed by atoms with Crippen molar-refractivity contribution in [3.63, 3.8) is 0 Å². The highest BCUT2D eigenvalue weighted by molar-refractivity contribution is 7.89. The fourth-order valence-electron chi connectivity index (χ4n) is 5.46. The molecule has 3 aromatic carbocycles. The second-order valence-electron chi connectivity index (χ2n) is 10.5. The molecule has 218 valence electrons. The molecule has 1 aliphatic heterocycles. The third kappa shape index (κ3) is 4.76. The highest BCUT2D eigenvalue weighted by Crippen LogP contribution is 2.44. The summed E-state index contributed by atoms with van der Waals surface area (Å²) < 4.78 is 69.7. The molecule has 0 saturated heterocycles. The SMILES string of the molecule is CCOC(=O)c1cn(C2CC2)c2c(OCF)c(-c3ccc4c(c3)CN(S(=O)(=O)c3ccc(C)cc3)C4)c(F)cc2c1=O. The van der Waals surface area contributed by atoms with Gasteiger partial charge >= 0.3 is 5.97 Å². The zero-order chi connectivity index (χ0) is 29.8. The summed E-state index contributed by atoms with van der Waals surface area (Å²) in [5.41, 5.74) is 1.88. The number of nitrogens with zero attached hydrogens (tertiary/aromatic N) is 2. The number of sulfonamides is 1. The van der Waals surface area contributed by atoms with Crippen LogP contribution in [-0.4, -0.2) is 36.7 Å². The fraction of sp³-hybridized carbons (Fsp3) is 0.290. The van der Waals surface area contributed by atoms with E-state index in [-0.39, 0.29) is 58.4 Å². The highest BCUT2D eigenvalue weighted by Gasteiger charge is 2.33. The van der Waals surface area contributed by atoms with Gasteiger partial charge in [0.2, 0.25) is 22.3 Å². The van der Waals surface area contributed by atoms with Crippen molar-refractivity contribution in [2.75, 3.05) is 13.5 Å². The summed E-state index contributed by atoms with van der Waals surface area (Å²) in [5, 5.41) is -0.117. The van der Waals surface area contributed by atoms with Crippen LogP contribution in [0.4, 0.5) is 8.78 Å². The Labute approximate surface area is 241 Å². The molecule has 0 N–H and O–H groups in total. The van der Waals surface area contributed by atoms with Crippen LogP contribution in [0.5, 0.6) is 5.75 Å². The molecule has 0 unspecified atom stereocenters. The molecule has 0 atom stereocenters. The van der Waals surface area contributed by atoms with Gasteiger partial charge in [-0.1, -0.05) is 29.8 Å². The van der Waals surface area contributed by atoms with Crippen molar-refractivity contribution >= 4 is 26.9 Å². The maximum Gasteiger partial charge on any atom is 0.343 e. The van der Waals surface area contributed by atoms with Crippen molar-refractivity contribution in [2.24, 2.45) is 0 Å². The Balaban J connectivity index is 1.47. The molecule has 4 aromatic rings. The van der Waals surface area contributed by atoms with Crippen molar-refractivity contribution in [1.82, 2.24) is 8.87 Å². The molecule has 0 amide bonds. The fourth-order valence-corrected chi connectivity index (χ4v) is 6.86. The Bertz CT molecular complexity index is 1900. The molecule has 8 nitrogen and oxygen atoms in total. The minimum Gasteiger partial charge on any atom is -0.462 e. The average Bonchev–Trinajstić information content (AvgIpc) is 3.71. The quantitative estimate of drug-likeness (QED) is 0.245. The van der Waals surface area contributed by atoms with E-state index in [2.05, 4.69) is 0 Å². The first-order valence-corrected chi connectivity index (χ1v) is 15.0. The van der Waals surface area contributed by atoms with Gasteiger partial charge in [-0.2, -0.15) is 4.31 Å². The minimum atomic E-state index is -3.77. The second-order valence-corrected chi connectivity index (χ2v) is 12.5. The van der Waals surface area contributed by atoms with E-state index in [4.69, 9.17) is 9.47 Å². The maximum atomic E-state index is 15.9. The lowest BCUT2D eigenvalue weighted by Gasteiger charge is -2.19. The van der Waals surface area contributed by atoms with E-state index in [1.54, 1.807) is 54.0 Å². The van der Waals surface area contributed by atoms with E-state index in [9.17, 15) is 22.4 Å². The van der Waals surface area contributed by atoms with Gasteiger partial charge in [-0.15, -0.1) is 0 Å².